The van der Waals surface area contributed by atoms with Crippen LogP contribution in [-0.2, 0) is 6.61 Å². The Morgan fingerprint density at radius 1 is 0.613 bits per heavy atom. The second-order valence-corrected chi connectivity index (χ2v) is 14.6. The van der Waals surface area contributed by atoms with E-state index in [0.29, 0.717) is 23.2 Å². The van der Waals surface area contributed by atoms with Crippen molar-refractivity contribution in [1.29, 1.82) is 0 Å². The minimum atomic E-state index is -1.94. The lowest BCUT2D eigenvalue weighted by molar-refractivity contribution is 0.306. The van der Waals surface area contributed by atoms with Crippen LogP contribution in [0.15, 0.2) is 78.9 Å². The van der Waals surface area contributed by atoms with Gasteiger partial charge in [-0.15, -0.1) is 0 Å². The number of hydrogen-bond donors (Lipinski definition) is 0. The molecule has 0 aliphatic heterocycles. The normalized spacial score (nSPS) is 11.9. The molecule has 0 atom stereocenters. The van der Waals surface area contributed by atoms with Gasteiger partial charge in [-0.2, -0.15) is 0 Å². The van der Waals surface area contributed by atoms with E-state index >= 15 is 0 Å². The molecule has 2 nitrogen and oxygen atoms in total. The topological polar surface area (TPSA) is 18.5 Å². The van der Waals surface area contributed by atoms with E-state index < -0.39 is 8.32 Å². The first-order valence-electron chi connectivity index (χ1n) is 11.4. The number of rotatable bonds is 9. The zero-order valence-corrected chi connectivity index (χ0v) is 20.8. The lowest BCUT2D eigenvalue weighted by atomic mass is 10.1. The molecule has 0 aromatic heterocycles. The van der Waals surface area contributed by atoms with Crippen molar-refractivity contribution in [3.63, 3.8) is 0 Å². The first-order chi connectivity index (χ1) is 14.8. The van der Waals surface area contributed by atoms with Crippen molar-refractivity contribution in [3.05, 3.63) is 84.4 Å². The van der Waals surface area contributed by atoms with Gasteiger partial charge in [-0.25, -0.2) is 0 Å². The zero-order chi connectivity index (χ0) is 22.4. The van der Waals surface area contributed by atoms with Gasteiger partial charge < -0.3 is 9.16 Å². The summed E-state index contributed by atoms with van der Waals surface area (Å²) in [5.74, 6) is 1.87. The summed E-state index contributed by atoms with van der Waals surface area (Å²) in [7, 11) is -1.94. The number of hydrogen-bond acceptors (Lipinski definition) is 2. The Hall–Kier alpha value is -2.52. The summed E-state index contributed by atoms with van der Waals surface area (Å²) >= 11 is 0. The molecule has 0 aliphatic rings. The largest absolute Gasteiger partial charge is 0.543 e. The lowest BCUT2D eigenvalue weighted by Crippen LogP contribution is -2.50. The maximum absolute atomic E-state index is 6.80. The molecule has 3 aromatic rings. The van der Waals surface area contributed by atoms with Crippen LogP contribution >= 0.6 is 0 Å². The SMILES string of the molecule is CC(C)[Si](Oc1ccc(-c2cccc(OCc3ccccc3)c2)cc1)(C(C)C)C(C)C. The van der Waals surface area contributed by atoms with E-state index in [4.69, 9.17) is 9.16 Å². The van der Waals surface area contributed by atoms with Gasteiger partial charge >= 0.3 is 0 Å². The van der Waals surface area contributed by atoms with Crippen LogP contribution in [0.4, 0.5) is 0 Å². The molecular weight excluding hydrogens is 396 g/mol. The third-order valence-corrected chi connectivity index (χ3v) is 12.3. The van der Waals surface area contributed by atoms with Gasteiger partial charge in [0.1, 0.15) is 18.1 Å². The van der Waals surface area contributed by atoms with Gasteiger partial charge in [0.15, 0.2) is 0 Å². The minimum absolute atomic E-state index is 0.561. The van der Waals surface area contributed by atoms with Crippen LogP contribution in [0.2, 0.25) is 16.6 Å². The first kappa shape index (κ1) is 23.1. The summed E-state index contributed by atoms with van der Waals surface area (Å²) < 4.78 is 12.8. The van der Waals surface area contributed by atoms with Gasteiger partial charge in [-0.1, -0.05) is 96.1 Å². The van der Waals surface area contributed by atoms with Gasteiger partial charge in [-0.3, -0.25) is 0 Å². The molecule has 0 unspecified atom stereocenters. The molecule has 164 valence electrons. The summed E-state index contributed by atoms with van der Waals surface area (Å²) in [6.45, 7) is 14.5. The van der Waals surface area contributed by atoms with E-state index in [0.717, 1.165) is 17.1 Å². The predicted molar refractivity (Wildman–Crippen MR) is 134 cm³/mol. The molecule has 0 aliphatic carbocycles. The van der Waals surface area contributed by atoms with Gasteiger partial charge in [0.05, 0.1) is 0 Å². The van der Waals surface area contributed by atoms with Crippen molar-refractivity contribution in [3.8, 4) is 22.6 Å². The fourth-order valence-electron chi connectivity index (χ4n) is 4.78. The molecule has 0 fully saturated rings. The second kappa shape index (κ2) is 10.2. The van der Waals surface area contributed by atoms with Gasteiger partial charge in [-0.05, 0) is 57.6 Å². The molecule has 0 saturated carbocycles. The molecule has 0 heterocycles. The first-order valence-corrected chi connectivity index (χ1v) is 13.5. The van der Waals surface area contributed by atoms with Crippen LogP contribution in [0.5, 0.6) is 11.5 Å². The molecule has 0 spiro atoms. The van der Waals surface area contributed by atoms with Crippen LogP contribution in [0.1, 0.15) is 47.1 Å². The third kappa shape index (κ3) is 5.40. The molecule has 0 amide bonds. The van der Waals surface area contributed by atoms with E-state index in [2.05, 4.69) is 90.1 Å². The summed E-state index contributed by atoms with van der Waals surface area (Å²) in [6.07, 6.45) is 0. The highest BCUT2D eigenvalue weighted by molar-refractivity contribution is 6.78. The van der Waals surface area contributed by atoms with Crippen LogP contribution in [-0.4, -0.2) is 8.32 Å². The van der Waals surface area contributed by atoms with E-state index in [1.54, 1.807) is 0 Å². The average Bonchev–Trinajstić information content (AvgIpc) is 2.76. The minimum Gasteiger partial charge on any atom is -0.543 e. The van der Waals surface area contributed by atoms with Crippen molar-refractivity contribution in [2.75, 3.05) is 0 Å². The van der Waals surface area contributed by atoms with Crippen LogP contribution in [0.3, 0.4) is 0 Å². The molecular formula is C28H36O2Si. The van der Waals surface area contributed by atoms with Crippen LogP contribution in [0, 0.1) is 0 Å². The summed E-state index contributed by atoms with van der Waals surface area (Å²) in [6, 6.07) is 27.1. The number of benzene rings is 3. The fraction of sp³-hybridized carbons (Fsp3) is 0.357. The second-order valence-electron chi connectivity index (χ2n) is 9.25. The van der Waals surface area contributed by atoms with E-state index in [9.17, 15) is 0 Å². The van der Waals surface area contributed by atoms with Crippen molar-refractivity contribution in [2.45, 2.75) is 64.8 Å². The Morgan fingerprint density at radius 2 is 1.23 bits per heavy atom. The highest BCUT2D eigenvalue weighted by Gasteiger charge is 2.46. The highest BCUT2D eigenvalue weighted by atomic mass is 28.4. The quantitative estimate of drug-likeness (QED) is 0.316. The van der Waals surface area contributed by atoms with Crippen molar-refractivity contribution in [1.82, 2.24) is 0 Å². The Morgan fingerprint density at radius 3 is 1.81 bits per heavy atom. The van der Waals surface area contributed by atoms with Crippen LogP contribution in [0.25, 0.3) is 11.1 Å². The van der Waals surface area contributed by atoms with Gasteiger partial charge in [0.25, 0.3) is 8.32 Å². The van der Waals surface area contributed by atoms with Gasteiger partial charge in [0, 0.05) is 0 Å². The van der Waals surface area contributed by atoms with Crippen molar-refractivity contribution >= 4 is 8.32 Å². The zero-order valence-electron chi connectivity index (χ0n) is 19.8. The monoisotopic (exact) mass is 432 g/mol. The highest BCUT2D eigenvalue weighted by Crippen LogP contribution is 2.43. The predicted octanol–water partition coefficient (Wildman–Crippen LogP) is 8.49. The smallest absolute Gasteiger partial charge is 0.258 e. The number of ether oxygens (including phenoxy) is 1. The summed E-state index contributed by atoms with van der Waals surface area (Å²) in [4.78, 5) is 0. The molecule has 31 heavy (non-hydrogen) atoms. The Balaban J connectivity index is 1.75. The van der Waals surface area contributed by atoms with Crippen molar-refractivity contribution < 1.29 is 9.16 Å². The fourth-order valence-corrected chi connectivity index (χ4v) is 10.0. The summed E-state index contributed by atoms with van der Waals surface area (Å²) in [5, 5.41) is 0. The standard InChI is InChI=1S/C28H36O2Si/c1-21(2)31(22(3)4,23(5)6)30-27-17-15-25(16-18-27)26-13-10-14-28(19-26)29-20-24-11-8-7-9-12-24/h7-19,21-23H,20H2,1-6H3. The molecule has 0 N–H and O–H groups in total. The Bertz CT molecular complexity index is 924. The maximum atomic E-state index is 6.80. The molecule has 0 saturated heterocycles. The Labute approximate surface area is 189 Å². The maximum Gasteiger partial charge on any atom is 0.258 e. The van der Waals surface area contributed by atoms with Crippen LogP contribution < -0.4 is 9.16 Å². The van der Waals surface area contributed by atoms with E-state index in [-0.39, 0.29) is 0 Å². The molecule has 3 heteroatoms. The van der Waals surface area contributed by atoms with Crippen molar-refractivity contribution in [2.24, 2.45) is 0 Å². The lowest BCUT2D eigenvalue weighted by Gasteiger charge is -2.42. The molecule has 3 aromatic carbocycles. The third-order valence-electron chi connectivity index (χ3n) is 6.27. The summed E-state index contributed by atoms with van der Waals surface area (Å²) in [5.41, 5.74) is 5.17. The molecule has 3 rings (SSSR count). The van der Waals surface area contributed by atoms with E-state index in [1.165, 1.54) is 11.1 Å². The Kier molecular flexibility index (Phi) is 7.61. The molecule has 0 bridgehead atoms. The molecule has 0 radical (unpaired) electrons. The average molecular weight is 433 g/mol. The van der Waals surface area contributed by atoms with Gasteiger partial charge in [0.2, 0.25) is 0 Å². The van der Waals surface area contributed by atoms with E-state index in [1.807, 2.05) is 30.3 Å².